The van der Waals surface area contributed by atoms with Crippen molar-refractivity contribution in [2.75, 3.05) is 6.61 Å². The van der Waals surface area contributed by atoms with Crippen molar-refractivity contribution in [3.63, 3.8) is 0 Å². The summed E-state index contributed by atoms with van der Waals surface area (Å²) in [7, 11) is -3.26. The molecule has 1 atom stereocenters. The summed E-state index contributed by atoms with van der Waals surface area (Å²) in [6.07, 6.45) is 0. The van der Waals surface area contributed by atoms with Crippen LogP contribution in [0.15, 0.2) is 58.8 Å². The normalized spacial score (nSPS) is 20.4. The van der Waals surface area contributed by atoms with Crippen molar-refractivity contribution < 1.29 is 13.6 Å². The molecule has 0 fully saturated rings. The quantitative estimate of drug-likeness (QED) is 0.678. The topological polar surface area (TPSA) is 35.5 Å². The Morgan fingerprint density at radius 3 is 2.67 bits per heavy atom. The zero-order chi connectivity index (χ0) is 14.9. The lowest BCUT2D eigenvalue weighted by Gasteiger charge is -2.25. The van der Waals surface area contributed by atoms with E-state index in [1.807, 2.05) is 42.5 Å². The Kier molecular flexibility index (Phi) is 4.03. The van der Waals surface area contributed by atoms with Crippen molar-refractivity contribution in [1.29, 1.82) is 0 Å². The molecule has 0 bridgehead atoms. The molecule has 0 amide bonds. The molecule has 0 radical (unpaired) electrons. The molecule has 1 aliphatic heterocycles. The molecular formula is C16H14BrO3P. The maximum atomic E-state index is 12.7. The van der Waals surface area contributed by atoms with E-state index in [-0.39, 0.29) is 0 Å². The van der Waals surface area contributed by atoms with Gasteiger partial charge >= 0.3 is 7.60 Å². The Labute approximate surface area is 132 Å². The second kappa shape index (κ2) is 5.80. The van der Waals surface area contributed by atoms with Crippen LogP contribution in [-0.2, 0) is 9.09 Å². The van der Waals surface area contributed by atoms with Crippen LogP contribution in [0, 0.1) is 0 Å². The first-order chi connectivity index (χ1) is 10.1. The summed E-state index contributed by atoms with van der Waals surface area (Å²) < 4.78 is 24.6. The molecule has 0 aliphatic carbocycles. The van der Waals surface area contributed by atoms with Gasteiger partial charge < -0.3 is 4.52 Å². The number of fused-ring (bicyclic) bond motifs is 1. The molecule has 0 saturated carbocycles. The summed E-state index contributed by atoms with van der Waals surface area (Å²) in [5, 5.41) is 0. The molecule has 5 heteroatoms. The Hall–Kier alpha value is -1.35. The van der Waals surface area contributed by atoms with Gasteiger partial charge in [-0.1, -0.05) is 46.3 Å². The lowest BCUT2D eigenvalue weighted by atomic mass is 9.99. The highest BCUT2D eigenvalue weighted by molar-refractivity contribution is 9.10. The van der Waals surface area contributed by atoms with Gasteiger partial charge in [0.25, 0.3) is 0 Å². The van der Waals surface area contributed by atoms with Gasteiger partial charge in [-0.05, 0) is 30.7 Å². The van der Waals surface area contributed by atoms with Gasteiger partial charge in [0.15, 0.2) is 0 Å². The molecule has 3 nitrogen and oxygen atoms in total. The van der Waals surface area contributed by atoms with Crippen molar-refractivity contribution in [1.82, 2.24) is 0 Å². The fourth-order valence-electron chi connectivity index (χ4n) is 2.27. The van der Waals surface area contributed by atoms with Gasteiger partial charge in [-0.2, -0.15) is 0 Å². The predicted octanol–water partition coefficient (Wildman–Crippen LogP) is 5.46. The van der Waals surface area contributed by atoms with Gasteiger partial charge in [0.05, 0.1) is 6.61 Å². The second-order valence-corrected chi connectivity index (χ2v) is 7.29. The zero-order valence-electron chi connectivity index (χ0n) is 11.5. The van der Waals surface area contributed by atoms with Gasteiger partial charge in [-0.15, -0.1) is 0 Å². The van der Waals surface area contributed by atoms with E-state index < -0.39 is 7.60 Å². The highest BCUT2D eigenvalue weighted by Crippen LogP contribution is 2.57. The summed E-state index contributed by atoms with van der Waals surface area (Å²) in [6.45, 7) is 2.14. The summed E-state index contributed by atoms with van der Waals surface area (Å²) in [5.41, 5.74) is 2.76. The largest absolute Gasteiger partial charge is 0.421 e. The number of benzene rings is 2. The Bertz CT molecular complexity index is 740. The summed E-state index contributed by atoms with van der Waals surface area (Å²) >= 11 is 3.47. The maximum absolute atomic E-state index is 12.7. The van der Waals surface area contributed by atoms with E-state index in [0.717, 1.165) is 21.2 Å². The van der Waals surface area contributed by atoms with Gasteiger partial charge in [-0.25, -0.2) is 4.57 Å². The minimum absolute atomic E-state index is 0.335. The maximum Gasteiger partial charge on any atom is 0.404 e. The molecule has 1 aliphatic rings. The van der Waals surface area contributed by atoms with E-state index in [2.05, 4.69) is 15.9 Å². The fourth-order valence-corrected chi connectivity index (χ4v) is 4.21. The Morgan fingerprint density at radius 1 is 1.19 bits per heavy atom. The highest BCUT2D eigenvalue weighted by Gasteiger charge is 2.31. The van der Waals surface area contributed by atoms with E-state index >= 15 is 0 Å². The third-order valence-electron chi connectivity index (χ3n) is 3.14. The first-order valence-electron chi connectivity index (χ1n) is 6.63. The van der Waals surface area contributed by atoms with Gasteiger partial charge in [0.2, 0.25) is 0 Å². The van der Waals surface area contributed by atoms with Crippen molar-refractivity contribution in [2.24, 2.45) is 0 Å². The molecule has 0 aromatic heterocycles. The minimum atomic E-state index is -3.26. The van der Waals surface area contributed by atoms with Gasteiger partial charge in [-0.3, -0.25) is 4.52 Å². The smallest absolute Gasteiger partial charge is 0.404 e. The summed E-state index contributed by atoms with van der Waals surface area (Å²) in [6, 6.07) is 15.5. The van der Waals surface area contributed by atoms with Crippen LogP contribution in [0.5, 0.6) is 5.75 Å². The molecule has 0 spiro atoms. The van der Waals surface area contributed by atoms with Crippen molar-refractivity contribution in [3.05, 3.63) is 69.9 Å². The molecular weight excluding hydrogens is 351 g/mol. The Balaban J connectivity index is 2.19. The molecule has 0 saturated heterocycles. The van der Waals surface area contributed by atoms with Crippen LogP contribution in [0.4, 0.5) is 0 Å². The number of hydrogen-bond donors (Lipinski definition) is 0. The number of hydrogen-bond acceptors (Lipinski definition) is 3. The molecule has 0 N–H and O–H groups in total. The Morgan fingerprint density at radius 2 is 1.95 bits per heavy atom. The van der Waals surface area contributed by atoms with Crippen LogP contribution in [0.2, 0.25) is 0 Å². The zero-order valence-corrected chi connectivity index (χ0v) is 13.9. The molecule has 1 heterocycles. The molecule has 3 rings (SSSR count). The lowest BCUT2D eigenvalue weighted by Crippen LogP contribution is -2.05. The van der Waals surface area contributed by atoms with E-state index in [1.165, 1.54) is 0 Å². The van der Waals surface area contributed by atoms with Crippen LogP contribution >= 0.6 is 23.5 Å². The predicted molar refractivity (Wildman–Crippen MR) is 87.5 cm³/mol. The average Bonchev–Trinajstić information content (AvgIpc) is 2.48. The monoisotopic (exact) mass is 364 g/mol. The van der Waals surface area contributed by atoms with Crippen LogP contribution in [-0.4, -0.2) is 6.61 Å². The third-order valence-corrected chi connectivity index (χ3v) is 5.28. The van der Waals surface area contributed by atoms with Gasteiger partial charge in [0, 0.05) is 21.4 Å². The van der Waals surface area contributed by atoms with Crippen LogP contribution < -0.4 is 4.52 Å². The number of halogens is 1. The summed E-state index contributed by atoms with van der Waals surface area (Å²) in [5.74, 6) is 2.19. The highest BCUT2D eigenvalue weighted by atomic mass is 79.9. The van der Waals surface area contributed by atoms with Crippen molar-refractivity contribution >= 4 is 29.1 Å². The molecule has 21 heavy (non-hydrogen) atoms. The van der Waals surface area contributed by atoms with Crippen molar-refractivity contribution in [2.45, 2.75) is 6.92 Å². The van der Waals surface area contributed by atoms with E-state index in [4.69, 9.17) is 9.05 Å². The van der Waals surface area contributed by atoms with Gasteiger partial charge in [0.1, 0.15) is 5.75 Å². The second-order valence-electron chi connectivity index (χ2n) is 4.60. The van der Waals surface area contributed by atoms with E-state index in [1.54, 1.807) is 18.8 Å². The average molecular weight is 365 g/mol. The third kappa shape index (κ3) is 2.98. The lowest BCUT2D eigenvalue weighted by molar-refractivity contribution is 0.287. The van der Waals surface area contributed by atoms with E-state index in [0.29, 0.717) is 12.4 Å². The first kappa shape index (κ1) is 14.6. The number of rotatable bonds is 3. The van der Waals surface area contributed by atoms with Crippen LogP contribution in [0.25, 0.3) is 5.57 Å². The van der Waals surface area contributed by atoms with Crippen molar-refractivity contribution in [3.8, 4) is 5.75 Å². The van der Waals surface area contributed by atoms with Crippen LogP contribution in [0.3, 0.4) is 0 Å². The fraction of sp³-hybridized carbons (Fsp3) is 0.125. The van der Waals surface area contributed by atoms with Crippen LogP contribution in [0.1, 0.15) is 18.1 Å². The first-order valence-corrected chi connectivity index (χ1v) is 9.04. The molecule has 2 aromatic rings. The SMILES string of the molecule is CCOP1(=O)C=C(c2ccccc2)c2cc(Br)ccc2O1. The summed E-state index contributed by atoms with van der Waals surface area (Å²) in [4.78, 5) is 0. The minimum Gasteiger partial charge on any atom is -0.421 e. The van der Waals surface area contributed by atoms with E-state index in [9.17, 15) is 4.57 Å². The molecule has 2 aromatic carbocycles. The molecule has 108 valence electrons. The standard InChI is InChI=1S/C16H14BrO3P/c1-2-19-21(18)11-15(12-6-4-3-5-7-12)14-10-13(17)8-9-16(14)20-21/h3-11H,2H2,1H3. The molecule has 1 unspecified atom stereocenters.